The van der Waals surface area contributed by atoms with Crippen molar-refractivity contribution in [2.24, 2.45) is 0 Å². The van der Waals surface area contributed by atoms with E-state index < -0.39 is 0 Å². The second-order valence-corrected chi connectivity index (χ2v) is 6.36. The van der Waals surface area contributed by atoms with E-state index in [9.17, 15) is 9.59 Å². The van der Waals surface area contributed by atoms with Crippen LogP contribution in [0.15, 0.2) is 47.1 Å². The molecule has 1 heterocycles. The van der Waals surface area contributed by atoms with E-state index in [1.165, 1.54) is 11.1 Å². The highest BCUT2D eigenvalue weighted by Crippen LogP contribution is 2.18. The van der Waals surface area contributed by atoms with Crippen molar-refractivity contribution in [3.8, 4) is 0 Å². The first kappa shape index (κ1) is 17.9. The molecule has 1 aromatic heterocycles. The zero-order chi connectivity index (χ0) is 17.7. The predicted octanol–water partition coefficient (Wildman–Crippen LogP) is 3.21. The summed E-state index contributed by atoms with van der Waals surface area (Å²) in [7, 11) is 5.02. The van der Waals surface area contributed by atoms with Gasteiger partial charge in [-0.25, -0.2) is 4.79 Å². The number of amides is 3. The van der Waals surface area contributed by atoms with Crippen LogP contribution in [-0.2, 0) is 6.54 Å². The Morgan fingerprint density at radius 1 is 1.17 bits per heavy atom. The third-order valence-corrected chi connectivity index (χ3v) is 4.12. The van der Waals surface area contributed by atoms with Gasteiger partial charge in [-0.05, 0) is 23.8 Å². The van der Waals surface area contributed by atoms with Crippen LogP contribution in [0.5, 0.6) is 0 Å². The maximum atomic E-state index is 12.3. The second kappa shape index (κ2) is 7.92. The van der Waals surface area contributed by atoms with E-state index in [4.69, 9.17) is 0 Å². The molecule has 126 valence electrons. The number of hydrogen-bond acceptors (Lipinski definition) is 3. The number of pyridine rings is 1. The highest BCUT2D eigenvalue weighted by molar-refractivity contribution is 9.10. The maximum Gasteiger partial charge on any atom is 0.321 e. The van der Waals surface area contributed by atoms with E-state index in [1.54, 1.807) is 38.2 Å². The molecule has 2 aromatic rings. The van der Waals surface area contributed by atoms with E-state index in [0.717, 1.165) is 10.0 Å². The molecular formula is C17H19BrN4O2. The Kier molecular flexibility index (Phi) is 5.92. The molecule has 0 aliphatic heterocycles. The molecule has 2 rings (SSSR count). The summed E-state index contributed by atoms with van der Waals surface area (Å²) >= 11 is 3.47. The molecular weight excluding hydrogens is 372 g/mol. The van der Waals surface area contributed by atoms with Crippen molar-refractivity contribution in [1.82, 2.24) is 14.8 Å². The first-order valence-electron chi connectivity index (χ1n) is 7.31. The summed E-state index contributed by atoms with van der Waals surface area (Å²) in [5.74, 6) is -0.215. The SMILES string of the molecule is CN(C)C(=O)c1cc(NC(=O)N(C)Cc2ccccc2Br)ccn1. The fourth-order valence-electron chi connectivity index (χ4n) is 2.03. The molecule has 0 saturated heterocycles. The van der Waals surface area contributed by atoms with Gasteiger partial charge in [0.05, 0.1) is 0 Å². The number of anilines is 1. The van der Waals surface area contributed by atoms with Gasteiger partial charge in [-0.15, -0.1) is 0 Å². The Morgan fingerprint density at radius 2 is 1.88 bits per heavy atom. The molecule has 0 bridgehead atoms. The van der Waals surface area contributed by atoms with E-state index in [2.05, 4.69) is 26.2 Å². The third-order valence-electron chi connectivity index (χ3n) is 3.35. The largest absolute Gasteiger partial charge is 0.343 e. The van der Waals surface area contributed by atoms with Crippen molar-refractivity contribution >= 4 is 33.6 Å². The summed E-state index contributed by atoms with van der Waals surface area (Å²) in [6.45, 7) is 0.460. The zero-order valence-electron chi connectivity index (χ0n) is 13.8. The molecule has 0 fully saturated rings. The highest BCUT2D eigenvalue weighted by Gasteiger charge is 2.14. The molecule has 0 saturated carbocycles. The number of rotatable bonds is 4. The van der Waals surface area contributed by atoms with E-state index in [0.29, 0.717) is 12.2 Å². The molecule has 0 aliphatic rings. The van der Waals surface area contributed by atoms with Gasteiger partial charge in [0.25, 0.3) is 5.91 Å². The van der Waals surface area contributed by atoms with Gasteiger partial charge < -0.3 is 15.1 Å². The maximum absolute atomic E-state index is 12.3. The number of halogens is 1. The third kappa shape index (κ3) is 4.55. The van der Waals surface area contributed by atoms with E-state index >= 15 is 0 Å². The predicted molar refractivity (Wildman–Crippen MR) is 96.9 cm³/mol. The van der Waals surface area contributed by atoms with Gasteiger partial charge in [0.15, 0.2) is 0 Å². The lowest BCUT2D eigenvalue weighted by atomic mass is 10.2. The van der Waals surface area contributed by atoms with Gasteiger partial charge in [-0.2, -0.15) is 0 Å². The lowest BCUT2D eigenvalue weighted by Gasteiger charge is -2.19. The monoisotopic (exact) mass is 390 g/mol. The second-order valence-electron chi connectivity index (χ2n) is 5.51. The molecule has 0 unspecified atom stereocenters. The molecule has 3 amide bonds. The molecule has 6 nitrogen and oxygen atoms in total. The van der Waals surface area contributed by atoms with Crippen molar-refractivity contribution < 1.29 is 9.59 Å². The lowest BCUT2D eigenvalue weighted by Crippen LogP contribution is -2.31. The van der Waals surface area contributed by atoms with E-state index in [1.807, 2.05) is 24.3 Å². The number of carbonyl (C=O) groups excluding carboxylic acids is 2. The first-order valence-corrected chi connectivity index (χ1v) is 8.11. The average molecular weight is 391 g/mol. The van der Waals surface area contributed by atoms with Crippen molar-refractivity contribution in [3.63, 3.8) is 0 Å². The number of nitrogens with zero attached hydrogens (tertiary/aromatic N) is 3. The smallest absolute Gasteiger partial charge is 0.321 e. The van der Waals surface area contributed by atoms with Gasteiger partial charge >= 0.3 is 6.03 Å². The molecule has 24 heavy (non-hydrogen) atoms. The van der Waals surface area contributed by atoms with Gasteiger partial charge in [-0.3, -0.25) is 9.78 Å². The van der Waals surface area contributed by atoms with Crippen molar-refractivity contribution in [2.45, 2.75) is 6.54 Å². The molecule has 1 aromatic carbocycles. The minimum Gasteiger partial charge on any atom is -0.343 e. The lowest BCUT2D eigenvalue weighted by molar-refractivity contribution is 0.0822. The van der Waals surface area contributed by atoms with E-state index in [-0.39, 0.29) is 17.6 Å². The Balaban J connectivity index is 2.05. The first-order chi connectivity index (χ1) is 11.4. The van der Waals surface area contributed by atoms with Crippen LogP contribution in [0.4, 0.5) is 10.5 Å². The molecule has 0 radical (unpaired) electrons. The number of benzene rings is 1. The van der Waals surface area contributed by atoms with Crippen LogP contribution in [0.25, 0.3) is 0 Å². The normalized spacial score (nSPS) is 10.2. The van der Waals surface area contributed by atoms with Gasteiger partial charge in [-0.1, -0.05) is 34.1 Å². The summed E-state index contributed by atoms with van der Waals surface area (Å²) in [5.41, 5.74) is 1.82. The number of aromatic nitrogens is 1. The van der Waals surface area contributed by atoms with Crippen molar-refractivity contribution in [3.05, 3.63) is 58.3 Å². The summed E-state index contributed by atoms with van der Waals surface area (Å²) in [6.07, 6.45) is 1.50. The fraction of sp³-hybridized carbons (Fsp3) is 0.235. The number of nitrogens with one attached hydrogen (secondary N) is 1. The quantitative estimate of drug-likeness (QED) is 0.871. The highest BCUT2D eigenvalue weighted by atomic mass is 79.9. The van der Waals surface area contributed by atoms with Gasteiger partial charge in [0.2, 0.25) is 0 Å². The topological polar surface area (TPSA) is 65.5 Å². The standard InChI is InChI=1S/C17H19BrN4O2/c1-21(2)16(23)15-10-13(8-9-19-15)20-17(24)22(3)11-12-6-4-5-7-14(12)18/h4-10H,11H2,1-3H3,(H,19,20,24). The minimum atomic E-state index is -0.264. The molecule has 7 heteroatoms. The summed E-state index contributed by atoms with van der Waals surface area (Å²) in [4.78, 5) is 31.3. The zero-order valence-corrected chi connectivity index (χ0v) is 15.4. The van der Waals surface area contributed by atoms with Crippen LogP contribution >= 0.6 is 15.9 Å². The van der Waals surface area contributed by atoms with Crippen LogP contribution in [0.2, 0.25) is 0 Å². The van der Waals surface area contributed by atoms with Crippen LogP contribution in [0.1, 0.15) is 16.1 Å². The summed E-state index contributed by atoms with van der Waals surface area (Å²) in [5, 5.41) is 2.78. The molecule has 0 spiro atoms. The van der Waals surface area contributed by atoms with Crippen LogP contribution in [0, 0.1) is 0 Å². The van der Waals surface area contributed by atoms with Gasteiger partial charge in [0, 0.05) is 44.0 Å². The number of urea groups is 1. The van der Waals surface area contributed by atoms with Gasteiger partial charge in [0.1, 0.15) is 5.69 Å². The summed E-state index contributed by atoms with van der Waals surface area (Å²) < 4.78 is 0.951. The molecule has 1 N–H and O–H groups in total. The fourth-order valence-corrected chi connectivity index (χ4v) is 2.44. The number of carbonyl (C=O) groups is 2. The van der Waals surface area contributed by atoms with Crippen LogP contribution < -0.4 is 5.32 Å². The molecule has 0 atom stereocenters. The Morgan fingerprint density at radius 3 is 2.54 bits per heavy atom. The van der Waals surface area contributed by atoms with Crippen molar-refractivity contribution in [2.75, 3.05) is 26.5 Å². The minimum absolute atomic E-state index is 0.215. The average Bonchev–Trinajstić information content (AvgIpc) is 2.56. The Hall–Kier alpha value is -2.41. The number of hydrogen-bond donors (Lipinski definition) is 1. The Labute approximate surface area is 149 Å². The summed E-state index contributed by atoms with van der Waals surface area (Å²) in [6, 6.07) is 10.7. The van der Waals surface area contributed by atoms with Crippen molar-refractivity contribution in [1.29, 1.82) is 0 Å². The van der Waals surface area contributed by atoms with Crippen LogP contribution in [-0.4, -0.2) is 47.9 Å². The molecule has 0 aliphatic carbocycles. The van der Waals surface area contributed by atoms with Crippen LogP contribution in [0.3, 0.4) is 0 Å². The Bertz CT molecular complexity index is 749.